The van der Waals surface area contributed by atoms with E-state index in [1.165, 1.54) is 46.2 Å². The highest BCUT2D eigenvalue weighted by Gasteiger charge is 2.22. The highest BCUT2D eigenvalue weighted by Crippen LogP contribution is 2.26. The van der Waals surface area contributed by atoms with E-state index in [4.69, 9.17) is 5.73 Å². The van der Waals surface area contributed by atoms with Crippen LogP contribution in [0.25, 0.3) is 21.5 Å². The van der Waals surface area contributed by atoms with Crippen molar-refractivity contribution >= 4 is 61.2 Å². The highest BCUT2D eigenvalue weighted by atomic mass is 32.1. The van der Waals surface area contributed by atoms with Crippen LogP contribution in [0, 0.1) is 0 Å². The Hall–Kier alpha value is -4.22. The van der Waals surface area contributed by atoms with E-state index in [9.17, 15) is 9.59 Å². The van der Waals surface area contributed by atoms with Crippen LogP contribution in [-0.2, 0) is 4.79 Å². The summed E-state index contributed by atoms with van der Waals surface area (Å²) in [7, 11) is 0. The molecule has 0 aliphatic rings. The summed E-state index contributed by atoms with van der Waals surface area (Å²) in [5.74, 6) is -0.768. The van der Waals surface area contributed by atoms with Crippen molar-refractivity contribution in [3.63, 3.8) is 0 Å². The third kappa shape index (κ3) is 4.60. The maximum atomic E-state index is 13.2. The van der Waals surface area contributed by atoms with Crippen molar-refractivity contribution in [1.29, 1.82) is 0 Å². The van der Waals surface area contributed by atoms with Crippen LogP contribution in [0.15, 0.2) is 71.9 Å². The number of carbonyl (C=O) groups excluding carboxylic acids is 2. The lowest BCUT2D eigenvalue weighted by Crippen LogP contribution is -2.38. The fourth-order valence-electron chi connectivity index (χ4n) is 3.34. The van der Waals surface area contributed by atoms with Gasteiger partial charge in [0.25, 0.3) is 5.91 Å². The number of nitrogen functional groups attached to an aromatic ring is 1. The van der Waals surface area contributed by atoms with Gasteiger partial charge in [0.05, 0.1) is 21.4 Å². The van der Waals surface area contributed by atoms with Gasteiger partial charge in [0, 0.05) is 28.5 Å². The zero-order valence-corrected chi connectivity index (χ0v) is 19.2. The van der Waals surface area contributed by atoms with Crippen LogP contribution in [0.1, 0.15) is 10.5 Å². The molecule has 3 heterocycles. The van der Waals surface area contributed by atoms with Gasteiger partial charge in [-0.05, 0) is 36.4 Å². The van der Waals surface area contributed by atoms with Gasteiger partial charge in [-0.25, -0.2) is 19.9 Å². The number of nitrogens with two attached hydrogens (primary N) is 1. The first kappa shape index (κ1) is 21.6. The predicted octanol–water partition coefficient (Wildman–Crippen LogP) is 4.08. The molecule has 5 rings (SSSR count). The minimum absolute atomic E-state index is 0.188. The second-order valence-electron chi connectivity index (χ2n) is 7.19. The molecule has 0 aliphatic carbocycles. The molecule has 3 aromatic heterocycles. The number of carbonyl (C=O) groups is 2. The molecule has 2 amide bonds. The van der Waals surface area contributed by atoms with Crippen LogP contribution in [0.4, 0.5) is 16.5 Å². The smallest absolute Gasteiger partial charge is 0.277 e. The number of hydrogen-bond donors (Lipinski definition) is 2. The Balaban J connectivity index is 1.37. The third-order valence-corrected chi connectivity index (χ3v) is 6.44. The maximum Gasteiger partial charge on any atom is 0.277 e. The fraction of sp³-hybridized carbons (Fsp3) is 0.0435. The molecule has 0 bridgehead atoms. The number of benzene rings is 2. The van der Waals surface area contributed by atoms with E-state index in [0.717, 1.165) is 21.5 Å². The standard InChI is InChI=1S/C23H17N7O2S2/c24-23-29-19(11-33-23)14-1-3-15(4-2-14)28-21(31)10-30(22(32)17-7-8-25-12-26-17)16-5-6-20-18(9-16)27-13-34-20/h1-9,11-13H,10H2,(H2,24,29)(H,28,31). The number of amides is 2. The van der Waals surface area contributed by atoms with E-state index in [-0.39, 0.29) is 18.1 Å². The van der Waals surface area contributed by atoms with Gasteiger partial charge in [0.2, 0.25) is 5.91 Å². The molecular weight excluding hydrogens is 470 g/mol. The first-order valence-corrected chi connectivity index (χ1v) is 11.9. The molecule has 0 radical (unpaired) electrons. The third-order valence-electron chi connectivity index (χ3n) is 4.96. The summed E-state index contributed by atoms with van der Waals surface area (Å²) < 4.78 is 0.990. The van der Waals surface area contributed by atoms with E-state index < -0.39 is 5.91 Å². The molecule has 11 heteroatoms. The summed E-state index contributed by atoms with van der Waals surface area (Å²) in [5, 5.41) is 5.21. The zero-order chi connectivity index (χ0) is 23.5. The van der Waals surface area contributed by atoms with Gasteiger partial charge in [-0.3, -0.25) is 14.5 Å². The molecule has 0 saturated heterocycles. The SMILES string of the molecule is Nc1nc(-c2ccc(NC(=O)CN(C(=O)c3ccncn3)c3ccc4scnc4c3)cc2)cs1. The number of rotatable bonds is 6. The Bertz CT molecular complexity index is 1470. The van der Waals surface area contributed by atoms with Gasteiger partial charge in [-0.15, -0.1) is 22.7 Å². The van der Waals surface area contributed by atoms with Crippen LogP contribution in [0.5, 0.6) is 0 Å². The molecule has 5 aromatic rings. The molecule has 0 spiro atoms. The zero-order valence-electron chi connectivity index (χ0n) is 17.6. The minimum Gasteiger partial charge on any atom is -0.375 e. The summed E-state index contributed by atoms with van der Waals surface area (Å²) in [6.45, 7) is -0.206. The van der Waals surface area contributed by atoms with Gasteiger partial charge in [0.15, 0.2) is 5.13 Å². The Labute approximate surface area is 202 Å². The van der Waals surface area contributed by atoms with E-state index in [1.807, 2.05) is 23.6 Å². The fourth-order valence-corrected chi connectivity index (χ4v) is 4.57. The van der Waals surface area contributed by atoms with Crippen LogP contribution in [0.2, 0.25) is 0 Å². The minimum atomic E-state index is -0.413. The van der Waals surface area contributed by atoms with Gasteiger partial charge in [-0.1, -0.05) is 12.1 Å². The van der Waals surface area contributed by atoms with Gasteiger partial charge < -0.3 is 11.1 Å². The number of nitrogens with one attached hydrogen (secondary N) is 1. The molecular formula is C23H17N7O2S2. The highest BCUT2D eigenvalue weighted by molar-refractivity contribution is 7.16. The van der Waals surface area contributed by atoms with Crippen molar-refractivity contribution in [2.45, 2.75) is 0 Å². The summed E-state index contributed by atoms with van der Waals surface area (Å²) in [5.41, 5.74) is 11.2. The van der Waals surface area contributed by atoms with Gasteiger partial charge >= 0.3 is 0 Å². The molecule has 34 heavy (non-hydrogen) atoms. The average molecular weight is 488 g/mol. The average Bonchev–Trinajstić information content (AvgIpc) is 3.51. The number of nitrogens with zero attached hydrogens (tertiary/aromatic N) is 5. The van der Waals surface area contributed by atoms with Crippen LogP contribution in [0.3, 0.4) is 0 Å². The van der Waals surface area contributed by atoms with Gasteiger partial charge in [-0.2, -0.15) is 0 Å². The monoisotopic (exact) mass is 487 g/mol. The second kappa shape index (κ2) is 9.33. The summed E-state index contributed by atoms with van der Waals surface area (Å²) in [6.07, 6.45) is 2.78. The predicted molar refractivity (Wildman–Crippen MR) is 134 cm³/mol. The van der Waals surface area contributed by atoms with E-state index in [0.29, 0.717) is 16.5 Å². The van der Waals surface area contributed by atoms with Crippen molar-refractivity contribution in [2.75, 3.05) is 22.5 Å². The lowest BCUT2D eigenvalue weighted by Gasteiger charge is -2.22. The van der Waals surface area contributed by atoms with Crippen molar-refractivity contribution in [2.24, 2.45) is 0 Å². The van der Waals surface area contributed by atoms with Crippen LogP contribution < -0.4 is 16.0 Å². The number of aromatic nitrogens is 4. The molecule has 2 aromatic carbocycles. The number of fused-ring (bicyclic) bond motifs is 1. The van der Waals surface area contributed by atoms with E-state index >= 15 is 0 Å². The summed E-state index contributed by atoms with van der Waals surface area (Å²) in [4.78, 5) is 44.0. The Morgan fingerprint density at radius 2 is 1.88 bits per heavy atom. The second-order valence-corrected chi connectivity index (χ2v) is 8.96. The normalized spacial score (nSPS) is 10.8. The Kier molecular flexibility index (Phi) is 5.93. The topological polar surface area (TPSA) is 127 Å². The molecule has 0 atom stereocenters. The largest absolute Gasteiger partial charge is 0.375 e. The van der Waals surface area contributed by atoms with Crippen molar-refractivity contribution in [3.8, 4) is 11.3 Å². The van der Waals surface area contributed by atoms with Gasteiger partial charge in [0.1, 0.15) is 18.6 Å². The molecule has 0 aliphatic heterocycles. The number of thiazole rings is 2. The lowest BCUT2D eigenvalue weighted by molar-refractivity contribution is -0.114. The van der Waals surface area contributed by atoms with Crippen molar-refractivity contribution in [1.82, 2.24) is 19.9 Å². The van der Waals surface area contributed by atoms with Crippen molar-refractivity contribution < 1.29 is 9.59 Å². The summed E-state index contributed by atoms with van der Waals surface area (Å²) >= 11 is 2.87. The van der Waals surface area contributed by atoms with E-state index in [1.54, 1.807) is 29.8 Å². The first-order chi connectivity index (χ1) is 16.6. The molecule has 9 nitrogen and oxygen atoms in total. The van der Waals surface area contributed by atoms with Crippen LogP contribution >= 0.6 is 22.7 Å². The van der Waals surface area contributed by atoms with E-state index in [2.05, 4.69) is 25.3 Å². The summed E-state index contributed by atoms with van der Waals surface area (Å²) in [6, 6.07) is 14.2. The number of anilines is 3. The van der Waals surface area contributed by atoms with Crippen molar-refractivity contribution in [3.05, 3.63) is 77.6 Å². The quantitative estimate of drug-likeness (QED) is 0.369. The lowest BCUT2D eigenvalue weighted by atomic mass is 10.1. The first-order valence-electron chi connectivity index (χ1n) is 10.1. The molecule has 168 valence electrons. The van der Waals surface area contributed by atoms with Crippen LogP contribution in [-0.4, -0.2) is 38.3 Å². The Morgan fingerprint density at radius 3 is 2.62 bits per heavy atom. The molecule has 0 fully saturated rings. The Morgan fingerprint density at radius 1 is 1.03 bits per heavy atom. The molecule has 0 saturated carbocycles. The molecule has 0 unspecified atom stereocenters. The molecule has 3 N–H and O–H groups in total. The maximum absolute atomic E-state index is 13.2. The number of hydrogen-bond acceptors (Lipinski definition) is 9.